The van der Waals surface area contributed by atoms with Gasteiger partial charge in [-0.1, -0.05) is 36.4 Å². The average molecular weight is 316 g/mol. The van der Waals surface area contributed by atoms with Gasteiger partial charge in [-0.3, -0.25) is 0 Å². The third-order valence-electron chi connectivity index (χ3n) is 3.91. The second-order valence-corrected chi connectivity index (χ2v) is 5.37. The normalized spacial score (nSPS) is 10.7. The molecule has 2 N–H and O–H groups in total. The van der Waals surface area contributed by atoms with E-state index >= 15 is 0 Å². The molecule has 24 heavy (non-hydrogen) atoms. The third kappa shape index (κ3) is 2.56. The Morgan fingerprint density at radius 3 is 2.67 bits per heavy atom. The van der Waals surface area contributed by atoms with Crippen LogP contribution >= 0.6 is 0 Å². The van der Waals surface area contributed by atoms with E-state index in [0.717, 1.165) is 39.4 Å². The summed E-state index contributed by atoms with van der Waals surface area (Å²) in [7, 11) is 1.66. The average Bonchev–Trinajstić information content (AvgIpc) is 3.12. The number of aromatic amines is 1. The number of fused-ring (bicyclic) bond motifs is 1. The molecule has 5 heteroatoms. The van der Waals surface area contributed by atoms with Gasteiger partial charge in [0.1, 0.15) is 23.5 Å². The topological polar surface area (TPSA) is 62.8 Å². The number of nitrogens with zero attached hydrogens (tertiary/aromatic N) is 2. The van der Waals surface area contributed by atoms with Crippen molar-refractivity contribution in [2.75, 3.05) is 12.4 Å². The second kappa shape index (κ2) is 6.04. The Bertz CT molecular complexity index is 979. The van der Waals surface area contributed by atoms with Crippen molar-refractivity contribution in [1.29, 1.82) is 0 Å². The molecule has 0 radical (unpaired) electrons. The fourth-order valence-electron chi connectivity index (χ4n) is 2.72. The number of benzene rings is 2. The molecule has 0 saturated heterocycles. The first-order valence-corrected chi connectivity index (χ1v) is 7.64. The standard InChI is InChI=1S/C19H16N4O/c1-24-17-8-7-14(13-5-3-2-4-6-13)11-16(17)23-19-15-9-10-20-18(15)21-12-22-19/h2-12H,1H3,(H2,20,21,22,23). The van der Waals surface area contributed by atoms with E-state index < -0.39 is 0 Å². The maximum atomic E-state index is 5.49. The molecule has 4 rings (SSSR count). The highest BCUT2D eigenvalue weighted by atomic mass is 16.5. The summed E-state index contributed by atoms with van der Waals surface area (Å²) in [5, 5.41) is 4.30. The van der Waals surface area contributed by atoms with Gasteiger partial charge in [-0.05, 0) is 29.3 Å². The molecule has 0 fully saturated rings. The van der Waals surface area contributed by atoms with Crippen LogP contribution < -0.4 is 10.1 Å². The molecule has 0 unspecified atom stereocenters. The molecule has 0 amide bonds. The van der Waals surface area contributed by atoms with E-state index in [2.05, 4.69) is 38.5 Å². The van der Waals surface area contributed by atoms with Gasteiger partial charge in [0.15, 0.2) is 0 Å². The number of hydrogen-bond donors (Lipinski definition) is 2. The molecule has 2 aromatic heterocycles. The van der Waals surface area contributed by atoms with Crippen LogP contribution in [0.5, 0.6) is 5.75 Å². The smallest absolute Gasteiger partial charge is 0.143 e. The van der Waals surface area contributed by atoms with Crippen molar-refractivity contribution in [3.63, 3.8) is 0 Å². The zero-order chi connectivity index (χ0) is 16.4. The fraction of sp³-hybridized carbons (Fsp3) is 0.0526. The molecule has 2 aromatic carbocycles. The largest absolute Gasteiger partial charge is 0.495 e. The minimum absolute atomic E-state index is 0.741. The third-order valence-corrected chi connectivity index (χ3v) is 3.91. The zero-order valence-electron chi connectivity index (χ0n) is 13.2. The predicted octanol–water partition coefficient (Wildman–Crippen LogP) is 4.38. The van der Waals surface area contributed by atoms with Crippen LogP contribution in [0.2, 0.25) is 0 Å². The van der Waals surface area contributed by atoms with E-state index in [1.54, 1.807) is 7.11 Å². The van der Waals surface area contributed by atoms with Crippen LogP contribution in [0.15, 0.2) is 67.1 Å². The number of H-pyrrole nitrogens is 1. The summed E-state index contributed by atoms with van der Waals surface area (Å²) in [4.78, 5) is 11.7. The highest BCUT2D eigenvalue weighted by Gasteiger charge is 2.10. The molecule has 0 bridgehead atoms. The maximum Gasteiger partial charge on any atom is 0.143 e. The summed E-state index contributed by atoms with van der Waals surface area (Å²) in [6.07, 6.45) is 3.39. The summed E-state index contributed by atoms with van der Waals surface area (Å²) >= 11 is 0. The lowest BCUT2D eigenvalue weighted by Gasteiger charge is -2.13. The van der Waals surface area contributed by atoms with Crippen LogP contribution in [0.4, 0.5) is 11.5 Å². The second-order valence-electron chi connectivity index (χ2n) is 5.37. The molecular weight excluding hydrogens is 300 g/mol. The summed E-state index contributed by atoms with van der Waals surface area (Å²) in [6.45, 7) is 0. The molecule has 0 atom stereocenters. The maximum absolute atomic E-state index is 5.49. The molecule has 2 heterocycles. The lowest BCUT2D eigenvalue weighted by Crippen LogP contribution is -1.98. The quantitative estimate of drug-likeness (QED) is 0.586. The highest BCUT2D eigenvalue weighted by Crippen LogP contribution is 2.33. The van der Waals surface area contributed by atoms with Crippen molar-refractivity contribution in [3.05, 3.63) is 67.1 Å². The van der Waals surface area contributed by atoms with Gasteiger partial charge in [0.05, 0.1) is 18.2 Å². The van der Waals surface area contributed by atoms with Gasteiger partial charge in [0.2, 0.25) is 0 Å². The van der Waals surface area contributed by atoms with Gasteiger partial charge < -0.3 is 15.0 Å². The van der Waals surface area contributed by atoms with Crippen LogP contribution in [-0.4, -0.2) is 22.1 Å². The Labute approximate surface area is 139 Å². The number of ether oxygens (including phenoxy) is 1. The summed E-state index contributed by atoms with van der Waals surface area (Å²) in [6, 6.07) is 18.3. The van der Waals surface area contributed by atoms with Crippen molar-refractivity contribution in [3.8, 4) is 16.9 Å². The number of nitrogens with one attached hydrogen (secondary N) is 2. The zero-order valence-corrected chi connectivity index (χ0v) is 13.2. The predicted molar refractivity (Wildman–Crippen MR) is 95.6 cm³/mol. The lowest BCUT2D eigenvalue weighted by atomic mass is 10.0. The number of hydrogen-bond acceptors (Lipinski definition) is 4. The van der Waals surface area contributed by atoms with Crippen LogP contribution in [0.3, 0.4) is 0 Å². The van der Waals surface area contributed by atoms with E-state index in [1.807, 2.05) is 42.6 Å². The van der Waals surface area contributed by atoms with Gasteiger partial charge in [-0.2, -0.15) is 0 Å². The SMILES string of the molecule is COc1ccc(-c2ccccc2)cc1Nc1ncnc2[nH]ccc12. The van der Waals surface area contributed by atoms with Gasteiger partial charge in [0, 0.05) is 6.20 Å². The molecule has 0 aliphatic heterocycles. The monoisotopic (exact) mass is 316 g/mol. The van der Waals surface area contributed by atoms with Crippen molar-refractivity contribution >= 4 is 22.5 Å². The van der Waals surface area contributed by atoms with E-state index in [0.29, 0.717) is 0 Å². The van der Waals surface area contributed by atoms with Crippen LogP contribution in [0.25, 0.3) is 22.2 Å². The lowest BCUT2D eigenvalue weighted by molar-refractivity contribution is 0.417. The fourth-order valence-corrected chi connectivity index (χ4v) is 2.72. The molecule has 0 aliphatic carbocycles. The molecular formula is C19H16N4O. The Hall–Kier alpha value is -3.34. The first-order valence-electron chi connectivity index (χ1n) is 7.64. The first kappa shape index (κ1) is 14.3. The summed E-state index contributed by atoms with van der Waals surface area (Å²) in [5.74, 6) is 1.50. The molecule has 0 aliphatic rings. The van der Waals surface area contributed by atoms with Gasteiger partial charge >= 0.3 is 0 Å². The van der Waals surface area contributed by atoms with Crippen molar-refractivity contribution in [2.24, 2.45) is 0 Å². The Balaban J connectivity index is 1.77. The molecule has 118 valence electrons. The van der Waals surface area contributed by atoms with Crippen molar-refractivity contribution in [1.82, 2.24) is 15.0 Å². The van der Waals surface area contributed by atoms with Crippen molar-refractivity contribution < 1.29 is 4.74 Å². The number of methoxy groups -OCH3 is 1. The van der Waals surface area contributed by atoms with Crippen LogP contribution in [0, 0.1) is 0 Å². The Morgan fingerprint density at radius 1 is 0.958 bits per heavy atom. The summed E-state index contributed by atoms with van der Waals surface area (Å²) in [5.41, 5.74) is 3.92. The Morgan fingerprint density at radius 2 is 1.83 bits per heavy atom. The minimum Gasteiger partial charge on any atom is -0.495 e. The van der Waals surface area contributed by atoms with E-state index in [-0.39, 0.29) is 0 Å². The Kier molecular flexibility index (Phi) is 3.59. The molecule has 0 saturated carbocycles. The van der Waals surface area contributed by atoms with Crippen molar-refractivity contribution in [2.45, 2.75) is 0 Å². The van der Waals surface area contributed by atoms with E-state index in [4.69, 9.17) is 4.74 Å². The minimum atomic E-state index is 0.741. The molecule has 5 nitrogen and oxygen atoms in total. The number of anilines is 2. The number of rotatable bonds is 4. The van der Waals surface area contributed by atoms with Gasteiger partial charge in [-0.25, -0.2) is 9.97 Å². The van der Waals surface area contributed by atoms with Gasteiger partial charge in [0.25, 0.3) is 0 Å². The van der Waals surface area contributed by atoms with Crippen LogP contribution in [-0.2, 0) is 0 Å². The summed E-state index contributed by atoms with van der Waals surface area (Å²) < 4.78 is 5.49. The molecule has 0 spiro atoms. The molecule has 4 aromatic rings. The van der Waals surface area contributed by atoms with E-state index in [9.17, 15) is 0 Å². The highest BCUT2D eigenvalue weighted by molar-refractivity contribution is 5.89. The van der Waals surface area contributed by atoms with E-state index in [1.165, 1.54) is 6.33 Å². The number of aromatic nitrogens is 3. The van der Waals surface area contributed by atoms with Crippen LogP contribution in [0.1, 0.15) is 0 Å². The van der Waals surface area contributed by atoms with Gasteiger partial charge in [-0.15, -0.1) is 0 Å². The first-order chi connectivity index (χ1) is 11.8.